The lowest BCUT2D eigenvalue weighted by atomic mass is 9.99. The van der Waals surface area contributed by atoms with E-state index < -0.39 is 0 Å². The Hall–Kier alpha value is -2.48. The van der Waals surface area contributed by atoms with Crippen LogP contribution in [0.4, 0.5) is 0 Å². The zero-order chi connectivity index (χ0) is 14.9. The van der Waals surface area contributed by atoms with Crippen molar-refractivity contribution in [3.05, 3.63) is 29.1 Å². The van der Waals surface area contributed by atoms with Crippen LogP contribution in [0.2, 0.25) is 0 Å². The molecular weight excluding hydrogens is 254 g/mol. The average Bonchev–Trinajstić information content (AvgIpc) is 2.70. The van der Waals surface area contributed by atoms with Gasteiger partial charge in [0, 0.05) is 29.9 Å². The highest BCUT2D eigenvalue weighted by molar-refractivity contribution is 5.78. The van der Waals surface area contributed by atoms with Gasteiger partial charge in [0.15, 0.2) is 11.5 Å². The standard InChI is InChI=1S/C15H17N3O2/c1-9-14(10(2)18(3)17-9)12-6-11(8-16)7-13(19-4)15(12)20-5/h6-7H,1-5H3. The monoisotopic (exact) mass is 271 g/mol. The highest BCUT2D eigenvalue weighted by Gasteiger charge is 2.20. The third-order valence-corrected chi connectivity index (χ3v) is 3.39. The molecule has 5 nitrogen and oxygen atoms in total. The zero-order valence-corrected chi connectivity index (χ0v) is 12.3. The molecule has 0 aliphatic heterocycles. The van der Waals surface area contributed by atoms with Crippen LogP contribution in [0, 0.1) is 25.2 Å². The van der Waals surface area contributed by atoms with Crippen LogP contribution >= 0.6 is 0 Å². The van der Waals surface area contributed by atoms with Crippen LogP contribution in [0.5, 0.6) is 11.5 Å². The summed E-state index contributed by atoms with van der Waals surface area (Å²) in [5, 5.41) is 13.6. The van der Waals surface area contributed by atoms with Gasteiger partial charge in [0.2, 0.25) is 0 Å². The fourth-order valence-corrected chi connectivity index (χ4v) is 2.38. The fraction of sp³-hybridized carbons (Fsp3) is 0.333. The van der Waals surface area contributed by atoms with Gasteiger partial charge in [-0.05, 0) is 19.9 Å². The molecule has 5 heteroatoms. The smallest absolute Gasteiger partial charge is 0.168 e. The summed E-state index contributed by atoms with van der Waals surface area (Å²) in [6.45, 7) is 3.92. The number of nitriles is 1. The van der Waals surface area contributed by atoms with Crippen LogP contribution in [0.25, 0.3) is 11.1 Å². The Morgan fingerprint density at radius 1 is 1.20 bits per heavy atom. The first kappa shape index (κ1) is 13.9. The number of aryl methyl sites for hydroxylation is 2. The van der Waals surface area contributed by atoms with E-state index in [0.717, 1.165) is 22.5 Å². The van der Waals surface area contributed by atoms with E-state index in [2.05, 4.69) is 11.2 Å². The number of hydrogen-bond donors (Lipinski definition) is 0. The van der Waals surface area contributed by atoms with Crippen molar-refractivity contribution in [2.75, 3.05) is 14.2 Å². The molecule has 1 aromatic heterocycles. The van der Waals surface area contributed by atoms with Gasteiger partial charge in [0.1, 0.15) is 0 Å². The van der Waals surface area contributed by atoms with Gasteiger partial charge in [-0.3, -0.25) is 4.68 Å². The number of aromatic nitrogens is 2. The van der Waals surface area contributed by atoms with Crippen LogP contribution in [0.1, 0.15) is 17.0 Å². The minimum Gasteiger partial charge on any atom is -0.493 e. The molecule has 0 spiro atoms. The fourth-order valence-electron chi connectivity index (χ4n) is 2.38. The third kappa shape index (κ3) is 2.10. The van der Waals surface area contributed by atoms with E-state index in [1.54, 1.807) is 26.4 Å². The minimum atomic E-state index is 0.528. The Bertz CT molecular complexity index is 696. The average molecular weight is 271 g/mol. The second-order valence-corrected chi connectivity index (χ2v) is 4.54. The summed E-state index contributed by atoms with van der Waals surface area (Å²) in [5.74, 6) is 1.16. The molecular formula is C15H17N3O2. The number of nitrogens with zero attached hydrogens (tertiary/aromatic N) is 3. The molecule has 0 aliphatic rings. The Morgan fingerprint density at radius 3 is 2.35 bits per heavy atom. The van der Waals surface area contributed by atoms with Crippen molar-refractivity contribution < 1.29 is 9.47 Å². The highest BCUT2D eigenvalue weighted by atomic mass is 16.5. The first-order chi connectivity index (χ1) is 9.53. The maximum absolute atomic E-state index is 9.17. The summed E-state index contributed by atoms with van der Waals surface area (Å²) in [7, 11) is 5.05. The van der Waals surface area contributed by atoms with Crippen LogP contribution in [-0.2, 0) is 7.05 Å². The van der Waals surface area contributed by atoms with E-state index in [4.69, 9.17) is 14.7 Å². The van der Waals surface area contributed by atoms with E-state index in [0.29, 0.717) is 17.1 Å². The predicted octanol–water partition coefficient (Wildman–Crippen LogP) is 2.59. The second kappa shape index (κ2) is 5.25. The van der Waals surface area contributed by atoms with Crippen LogP contribution < -0.4 is 9.47 Å². The highest BCUT2D eigenvalue weighted by Crippen LogP contribution is 2.41. The molecule has 20 heavy (non-hydrogen) atoms. The van der Waals surface area contributed by atoms with Crippen molar-refractivity contribution >= 4 is 0 Å². The van der Waals surface area contributed by atoms with Crippen molar-refractivity contribution in [2.45, 2.75) is 13.8 Å². The number of hydrogen-bond acceptors (Lipinski definition) is 4. The van der Waals surface area contributed by atoms with Crippen molar-refractivity contribution in [2.24, 2.45) is 7.05 Å². The molecule has 2 rings (SSSR count). The summed E-state index contributed by atoms with van der Waals surface area (Å²) in [4.78, 5) is 0. The lowest BCUT2D eigenvalue weighted by molar-refractivity contribution is 0.356. The number of methoxy groups -OCH3 is 2. The van der Waals surface area contributed by atoms with Crippen molar-refractivity contribution in [3.8, 4) is 28.7 Å². The Balaban J connectivity index is 2.82. The Kier molecular flexibility index (Phi) is 3.66. The van der Waals surface area contributed by atoms with Gasteiger partial charge in [0.25, 0.3) is 0 Å². The van der Waals surface area contributed by atoms with E-state index >= 15 is 0 Å². The van der Waals surface area contributed by atoms with Crippen LogP contribution in [0.15, 0.2) is 12.1 Å². The van der Waals surface area contributed by atoms with E-state index in [1.807, 2.05) is 25.6 Å². The topological polar surface area (TPSA) is 60.1 Å². The molecule has 0 unspecified atom stereocenters. The molecule has 0 radical (unpaired) electrons. The summed E-state index contributed by atoms with van der Waals surface area (Å²) >= 11 is 0. The van der Waals surface area contributed by atoms with Gasteiger partial charge in [-0.1, -0.05) is 0 Å². The van der Waals surface area contributed by atoms with Crippen molar-refractivity contribution in [1.29, 1.82) is 5.26 Å². The molecule has 1 aromatic carbocycles. The SMILES string of the molecule is COc1cc(C#N)cc(-c2c(C)nn(C)c2C)c1OC. The molecule has 2 aromatic rings. The molecule has 0 N–H and O–H groups in total. The van der Waals surface area contributed by atoms with Gasteiger partial charge in [-0.2, -0.15) is 10.4 Å². The minimum absolute atomic E-state index is 0.528. The van der Waals surface area contributed by atoms with Crippen LogP contribution in [-0.4, -0.2) is 24.0 Å². The van der Waals surface area contributed by atoms with Gasteiger partial charge in [0.05, 0.1) is 31.5 Å². The molecule has 1 heterocycles. The first-order valence-electron chi connectivity index (χ1n) is 6.20. The van der Waals surface area contributed by atoms with E-state index in [1.165, 1.54) is 0 Å². The lowest BCUT2D eigenvalue weighted by Crippen LogP contribution is -1.97. The largest absolute Gasteiger partial charge is 0.493 e. The van der Waals surface area contributed by atoms with Gasteiger partial charge >= 0.3 is 0 Å². The second-order valence-electron chi connectivity index (χ2n) is 4.54. The van der Waals surface area contributed by atoms with Gasteiger partial charge in [-0.15, -0.1) is 0 Å². The molecule has 0 fully saturated rings. The molecule has 0 bridgehead atoms. The van der Waals surface area contributed by atoms with E-state index in [9.17, 15) is 0 Å². The molecule has 0 saturated heterocycles. The third-order valence-electron chi connectivity index (χ3n) is 3.39. The molecule has 0 atom stereocenters. The zero-order valence-electron chi connectivity index (χ0n) is 12.3. The lowest BCUT2D eigenvalue weighted by Gasteiger charge is -2.14. The number of ether oxygens (including phenoxy) is 2. The van der Waals surface area contributed by atoms with Crippen molar-refractivity contribution in [3.63, 3.8) is 0 Å². The Labute approximate surface area is 118 Å². The maximum Gasteiger partial charge on any atom is 0.168 e. The maximum atomic E-state index is 9.17. The summed E-state index contributed by atoms with van der Waals surface area (Å²) in [5.41, 5.74) is 4.23. The van der Waals surface area contributed by atoms with E-state index in [-0.39, 0.29) is 0 Å². The molecule has 0 saturated carbocycles. The van der Waals surface area contributed by atoms with Crippen molar-refractivity contribution in [1.82, 2.24) is 9.78 Å². The quantitative estimate of drug-likeness (QED) is 0.861. The first-order valence-corrected chi connectivity index (χ1v) is 6.20. The van der Waals surface area contributed by atoms with Crippen LogP contribution in [0.3, 0.4) is 0 Å². The normalized spacial score (nSPS) is 10.2. The summed E-state index contributed by atoms with van der Waals surface area (Å²) < 4.78 is 12.6. The molecule has 0 aliphatic carbocycles. The summed E-state index contributed by atoms with van der Waals surface area (Å²) in [6, 6.07) is 5.62. The van der Waals surface area contributed by atoms with Gasteiger partial charge < -0.3 is 9.47 Å². The predicted molar refractivity (Wildman–Crippen MR) is 75.9 cm³/mol. The number of benzene rings is 1. The summed E-state index contributed by atoms with van der Waals surface area (Å²) in [6.07, 6.45) is 0. The molecule has 0 amide bonds. The van der Waals surface area contributed by atoms with Gasteiger partial charge in [-0.25, -0.2) is 0 Å². The molecule has 104 valence electrons. The number of rotatable bonds is 3. The Morgan fingerprint density at radius 2 is 1.90 bits per heavy atom.